The summed E-state index contributed by atoms with van der Waals surface area (Å²) in [5.74, 6) is -3.78. The fraction of sp³-hybridized carbons (Fsp3) is 0.579. The van der Waals surface area contributed by atoms with Gasteiger partial charge in [0.15, 0.2) is 0 Å². The lowest BCUT2D eigenvalue weighted by Gasteiger charge is -2.32. The molecule has 0 saturated carbocycles. The summed E-state index contributed by atoms with van der Waals surface area (Å²) in [5.41, 5.74) is -0.732. The number of hydrogen-bond acceptors (Lipinski definition) is 4. The fourth-order valence-corrected chi connectivity index (χ4v) is 4.35. The number of piperidine rings is 1. The van der Waals surface area contributed by atoms with Crippen LogP contribution in [0.2, 0.25) is 0 Å². The Hall–Kier alpha value is -2.07. The Morgan fingerprint density at radius 1 is 1.17 bits per heavy atom. The van der Waals surface area contributed by atoms with Gasteiger partial charge < -0.3 is 10.6 Å². The second kappa shape index (κ2) is 9.62. The first-order valence-electron chi connectivity index (χ1n) is 9.59. The normalized spacial score (nSPS) is 17.2. The summed E-state index contributed by atoms with van der Waals surface area (Å²) in [6.45, 7) is 5.61. The maximum absolute atomic E-state index is 13.8. The van der Waals surface area contributed by atoms with Crippen LogP contribution in [0.1, 0.15) is 44.0 Å². The summed E-state index contributed by atoms with van der Waals surface area (Å²) >= 11 is 0. The second-order valence-electron chi connectivity index (χ2n) is 7.37. The lowest BCUT2D eigenvalue weighted by atomic mass is 10.0. The van der Waals surface area contributed by atoms with Crippen molar-refractivity contribution in [1.82, 2.24) is 14.9 Å². The predicted octanol–water partition coefficient (Wildman–Crippen LogP) is 1.65. The monoisotopic (exact) mass is 431 g/mol. The molecule has 1 aromatic carbocycles. The number of nitrogens with one attached hydrogen (secondary N) is 2. The average molecular weight is 432 g/mol. The molecule has 1 aliphatic rings. The Kier molecular flexibility index (Phi) is 7.70. The molecule has 2 N–H and O–H groups in total. The summed E-state index contributed by atoms with van der Waals surface area (Å²) in [7, 11) is -3.27. The molecule has 7 nitrogen and oxygen atoms in total. The number of carbonyl (C=O) groups is 2. The number of nitrogens with zero attached hydrogens (tertiary/aromatic N) is 1. The van der Waals surface area contributed by atoms with E-state index in [1.54, 1.807) is 20.8 Å². The highest BCUT2D eigenvalue weighted by Gasteiger charge is 2.31. The van der Waals surface area contributed by atoms with Gasteiger partial charge >= 0.3 is 0 Å². The fourth-order valence-electron chi connectivity index (χ4n) is 3.21. The van der Waals surface area contributed by atoms with Crippen LogP contribution in [0.15, 0.2) is 18.2 Å². The second-order valence-corrected chi connectivity index (χ2v) is 9.63. The molecule has 1 aromatic rings. The van der Waals surface area contributed by atoms with Crippen LogP contribution in [-0.4, -0.2) is 55.5 Å². The van der Waals surface area contributed by atoms with Crippen molar-refractivity contribution < 1.29 is 26.8 Å². The van der Waals surface area contributed by atoms with E-state index >= 15 is 0 Å². The molecule has 1 saturated heterocycles. The molecular weight excluding hydrogens is 404 g/mol. The molecule has 10 heteroatoms. The number of sulfonamides is 1. The van der Waals surface area contributed by atoms with Gasteiger partial charge in [0.1, 0.15) is 23.2 Å². The first-order chi connectivity index (χ1) is 13.6. The maximum Gasteiger partial charge on any atom is 0.257 e. The Morgan fingerprint density at radius 3 is 2.21 bits per heavy atom. The van der Waals surface area contributed by atoms with Crippen molar-refractivity contribution in [3.8, 4) is 0 Å². The third-order valence-electron chi connectivity index (χ3n) is 4.98. The zero-order valence-electron chi connectivity index (χ0n) is 16.7. The largest absolute Gasteiger partial charge is 0.351 e. The van der Waals surface area contributed by atoms with Crippen LogP contribution in [0.4, 0.5) is 8.78 Å². The molecule has 1 aliphatic heterocycles. The molecule has 2 rings (SSSR count). The van der Waals surface area contributed by atoms with Gasteiger partial charge in [0.25, 0.3) is 5.91 Å². The van der Waals surface area contributed by atoms with E-state index in [1.165, 1.54) is 4.31 Å². The van der Waals surface area contributed by atoms with Gasteiger partial charge in [0.05, 0.1) is 5.75 Å². The number of benzene rings is 1. The van der Waals surface area contributed by atoms with Crippen LogP contribution < -0.4 is 10.6 Å². The molecule has 1 atom stereocenters. The molecule has 0 aromatic heterocycles. The molecule has 0 aliphatic carbocycles. The van der Waals surface area contributed by atoms with Gasteiger partial charge in [-0.05, 0) is 37.8 Å². The van der Waals surface area contributed by atoms with E-state index in [0.717, 1.165) is 18.2 Å². The van der Waals surface area contributed by atoms with Gasteiger partial charge in [-0.3, -0.25) is 9.59 Å². The molecule has 2 amide bonds. The third kappa shape index (κ3) is 5.72. The lowest BCUT2D eigenvalue weighted by Crippen LogP contribution is -2.54. The van der Waals surface area contributed by atoms with E-state index in [1.807, 2.05) is 0 Å². The van der Waals surface area contributed by atoms with Crippen molar-refractivity contribution >= 4 is 21.8 Å². The Bertz CT molecular complexity index is 833. The third-order valence-corrected chi connectivity index (χ3v) is 6.87. The Morgan fingerprint density at radius 2 is 1.72 bits per heavy atom. The molecule has 1 unspecified atom stereocenters. The topological polar surface area (TPSA) is 95.6 Å². The number of rotatable bonds is 7. The van der Waals surface area contributed by atoms with Gasteiger partial charge in [-0.2, -0.15) is 0 Å². The Balaban J connectivity index is 2.01. The molecular formula is C19H27F2N3O4S. The molecule has 0 bridgehead atoms. The van der Waals surface area contributed by atoms with E-state index in [-0.39, 0.29) is 17.7 Å². The summed E-state index contributed by atoms with van der Waals surface area (Å²) in [6, 6.07) is 1.87. The number of carbonyl (C=O) groups excluding carboxylic acids is 2. The molecule has 1 heterocycles. The first-order valence-corrected chi connectivity index (χ1v) is 11.2. The van der Waals surface area contributed by atoms with Crippen molar-refractivity contribution in [3.63, 3.8) is 0 Å². The molecule has 0 radical (unpaired) electrons. The highest BCUT2D eigenvalue weighted by molar-refractivity contribution is 7.89. The smallest absolute Gasteiger partial charge is 0.257 e. The number of amides is 2. The van der Waals surface area contributed by atoms with E-state index in [9.17, 15) is 26.8 Å². The SMILES string of the molecule is CCS(=O)(=O)N1CCC(NC(=O)C(NC(=O)c2c(F)cccc2F)C(C)C)CC1. The standard InChI is InChI=1S/C19H27F2N3O4S/c1-4-29(27,28)24-10-8-13(9-11-24)22-19(26)17(12(2)3)23-18(25)16-14(20)6-5-7-15(16)21/h5-7,12-13,17H,4,8-11H2,1-3H3,(H,22,26)(H,23,25). The minimum Gasteiger partial charge on any atom is -0.351 e. The number of hydrogen-bond donors (Lipinski definition) is 2. The quantitative estimate of drug-likeness (QED) is 0.686. The minimum absolute atomic E-state index is 0.0259. The highest BCUT2D eigenvalue weighted by Crippen LogP contribution is 2.16. The van der Waals surface area contributed by atoms with Crippen molar-refractivity contribution in [3.05, 3.63) is 35.4 Å². The zero-order valence-corrected chi connectivity index (χ0v) is 17.6. The van der Waals surface area contributed by atoms with Crippen LogP contribution >= 0.6 is 0 Å². The molecule has 162 valence electrons. The van der Waals surface area contributed by atoms with E-state index in [4.69, 9.17) is 0 Å². The van der Waals surface area contributed by atoms with Gasteiger partial charge in [-0.15, -0.1) is 0 Å². The number of halogens is 2. The van der Waals surface area contributed by atoms with E-state index in [2.05, 4.69) is 10.6 Å². The van der Waals surface area contributed by atoms with Gasteiger partial charge in [-0.25, -0.2) is 21.5 Å². The molecule has 0 spiro atoms. The minimum atomic E-state index is -3.27. The zero-order chi connectivity index (χ0) is 21.8. The van der Waals surface area contributed by atoms with Crippen molar-refractivity contribution in [1.29, 1.82) is 0 Å². The Labute approximate surface area is 169 Å². The highest BCUT2D eigenvalue weighted by atomic mass is 32.2. The summed E-state index contributed by atoms with van der Waals surface area (Å²) in [6.07, 6.45) is 0.900. The van der Waals surface area contributed by atoms with Crippen molar-refractivity contribution in [2.45, 2.75) is 45.7 Å². The van der Waals surface area contributed by atoms with Crippen LogP contribution in [0.25, 0.3) is 0 Å². The average Bonchev–Trinajstić information content (AvgIpc) is 2.66. The van der Waals surface area contributed by atoms with Gasteiger partial charge in [-0.1, -0.05) is 19.9 Å². The summed E-state index contributed by atoms with van der Waals surface area (Å²) in [4.78, 5) is 25.0. The summed E-state index contributed by atoms with van der Waals surface area (Å²) < 4.78 is 52.9. The molecule has 1 fully saturated rings. The van der Waals surface area contributed by atoms with E-state index < -0.39 is 45.1 Å². The maximum atomic E-state index is 13.8. The van der Waals surface area contributed by atoms with Crippen LogP contribution in [0, 0.1) is 17.6 Å². The predicted molar refractivity (Wildman–Crippen MR) is 105 cm³/mol. The van der Waals surface area contributed by atoms with Gasteiger partial charge in [0.2, 0.25) is 15.9 Å². The van der Waals surface area contributed by atoms with Crippen LogP contribution in [-0.2, 0) is 14.8 Å². The molecule has 29 heavy (non-hydrogen) atoms. The van der Waals surface area contributed by atoms with Crippen LogP contribution in [0.3, 0.4) is 0 Å². The van der Waals surface area contributed by atoms with Crippen molar-refractivity contribution in [2.75, 3.05) is 18.8 Å². The summed E-state index contributed by atoms with van der Waals surface area (Å²) in [5, 5.41) is 5.22. The van der Waals surface area contributed by atoms with Crippen LogP contribution in [0.5, 0.6) is 0 Å². The van der Waals surface area contributed by atoms with E-state index in [0.29, 0.717) is 25.9 Å². The van der Waals surface area contributed by atoms with Gasteiger partial charge in [0, 0.05) is 19.1 Å². The first kappa shape index (κ1) is 23.2. The lowest BCUT2D eigenvalue weighted by molar-refractivity contribution is -0.124. The van der Waals surface area contributed by atoms with Crippen molar-refractivity contribution in [2.24, 2.45) is 5.92 Å².